The Bertz CT molecular complexity index is 994. The van der Waals surface area contributed by atoms with E-state index in [4.69, 9.17) is 4.74 Å². The minimum atomic E-state index is -0.434. The summed E-state index contributed by atoms with van der Waals surface area (Å²) in [5.41, 5.74) is 1.59. The summed E-state index contributed by atoms with van der Waals surface area (Å²) in [6.45, 7) is 5.87. The van der Waals surface area contributed by atoms with E-state index in [1.807, 2.05) is 19.1 Å². The summed E-state index contributed by atoms with van der Waals surface area (Å²) < 4.78 is 5.14. The van der Waals surface area contributed by atoms with Crippen LogP contribution in [0.4, 0.5) is 10.8 Å². The second-order valence-corrected chi connectivity index (χ2v) is 8.58. The number of nitro groups is 1. The highest BCUT2D eigenvalue weighted by atomic mass is 32.1. The number of likely N-dealkylation sites (tertiary alicyclic amines) is 1. The van der Waals surface area contributed by atoms with Crippen LogP contribution in [-0.4, -0.2) is 46.4 Å². The first-order valence-electron chi connectivity index (χ1n) is 10.4. The monoisotopic (exact) mass is 458 g/mol. The van der Waals surface area contributed by atoms with Gasteiger partial charge in [0, 0.05) is 30.5 Å². The number of ether oxygens (including phenoxy) is 1. The molecule has 1 N–H and O–H groups in total. The molecule has 1 fully saturated rings. The summed E-state index contributed by atoms with van der Waals surface area (Å²) in [7, 11) is 0. The molecule has 9 nitrogen and oxygen atoms in total. The number of piperidine rings is 1. The van der Waals surface area contributed by atoms with Crippen molar-refractivity contribution >= 4 is 46.2 Å². The molecule has 0 aliphatic carbocycles. The van der Waals surface area contributed by atoms with Gasteiger partial charge >= 0.3 is 5.97 Å². The predicted molar refractivity (Wildman–Crippen MR) is 123 cm³/mol. The minimum Gasteiger partial charge on any atom is -0.466 e. The van der Waals surface area contributed by atoms with Crippen molar-refractivity contribution in [3.63, 3.8) is 0 Å². The molecule has 10 heteroatoms. The number of esters is 1. The molecule has 0 atom stereocenters. The lowest BCUT2D eigenvalue weighted by atomic mass is 9.97. The molecule has 170 valence electrons. The number of carbonyl (C=O) groups excluding carboxylic acids is 2. The number of non-ortho nitro benzene ring substituents is 1. The van der Waals surface area contributed by atoms with E-state index in [1.165, 1.54) is 30.4 Å². The van der Waals surface area contributed by atoms with Gasteiger partial charge in [0.25, 0.3) is 5.69 Å². The Morgan fingerprint density at radius 3 is 2.56 bits per heavy atom. The first-order chi connectivity index (χ1) is 15.4. The van der Waals surface area contributed by atoms with Crippen molar-refractivity contribution in [2.45, 2.75) is 33.2 Å². The van der Waals surface area contributed by atoms with Crippen molar-refractivity contribution in [2.75, 3.05) is 25.0 Å². The first-order valence-corrected chi connectivity index (χ1v) is 11.3. The summed E-state index contributed by atoms with van der Waals surface area (Å²) in [6.07, 6.45) is 5.20. The van der Waals surface area contributed by atoms with Gasteiger partial charge in [0.1, 0.15) is 0 Å². The molecule has 0 radical (unpaired) electrons. The number of nitrogens with zero attached hydrogens (tertiary/aromatic N) is 3. The lowest BCUT2D eigenvalue weighted by molar-refractivity contribution is -0.384. The van der Waals surface area contributed by atoms with Crippen LogP contribution in [0, 0.1) is 16.0 Å². The third kappa shape index (κ3) is 6.44. The SMILES string of the molecule is CCOC(=O)C1CCN(Cc2sc(NC(C)=O)nc2C=Cc2ccc([N+](=O)[O-])cc2)CC1. The molecule has 3 rings (SSSR count). The molecule has 2 aromatic rings. The average Bonchev–Trinajstić information content (AvgIpc) is 3.13. The molecule has 1 aliphatic rings. The van der Waals surface area contributed by atoms with Crippen molar-refractivity contribution in [3.8, 4) is 0 Å². The Kier molecular flexibility index (Phi) is 8.07. The van der Waals surface area contributed by atoms with Gasteiger partial charge in [-0.25, -0.2) is 4.98 Å². The molecule has 1 saturated heterocycles. The lowest BCUT2D eigenvalue weighted by Gasteiger charge is -2.30. The summed E-state index contributed by atoms with van der Waals surface area (Å²) in [4.78, 5) is 41.6. The molecule has 1 aliphatic heterocycles. The van der Waals surface area contributed by atoms with Crippen LogP contribution in [0.5, 0.6) is 0 Å². The van der Waals surface area contributed by atoms with E-state index in [1.54, 1.807) is 12.1 Å². The van der Waals surface area contributed by atoms with E-state index >= 15 is 0 Å². The van der Waals surface area contributed by atoms with Crippen LogP contribution in [0.2, 0.25) is 0 Å². The lowest BCUT2D eigenvalue weighted by Crippen LogP contribution is -2.36. The highest BCUT2D eigenvalue weighted by molar-refractivity contribution is 7.16. The number of hydrogen-bond acceptors (Lipinski definition) is 8. The van der Waals surface area contributed by atoms with Crippen LogP contribution in [0.15, 0.2) is 24.3 Å². The standard InChI is InChI=1S/C22H26N4O5S/c1-3-31-21(28)17-10-12-25(13-11-17)14-20-19(24-22(32-20)23-15(2)27)9-6-16-4-7-18(8-5-16)26(29)30/h4-9,17H,3,10-14H2,1-2H3,(H,23,24,27). The molecule has 0 saturated carbocycles. The number of hydrogen-bond donors (Lipinski definition) is 1. The fourth-order valence-corrected chi connectivity index (χ4v) is 4.52. The largest absolute Gasteiger partial charge is 0.466 e. The predicted octanol–water partition coefficient (Wildman–Crippen LogP) is 3.96. The maximum absolute atomic E-state index is 12.0. The molecular weight excluding hydrogens is 432 g/mol. The second kappa shape index (κ2) is 11.0. The Hall–Kier alpha value is -3.11. The molecule has 0 unspecified atom stereocenters. The summed E-state index contributed by atoms with van der Waals surface area (Å²) in [5.74, 6) is -0.361. The number of carbonyl (C=O) groups is 2. The van der Waals surface area contributed by atoms with Gasteiger partial charge in [0.2, 0.25) is 5.91 Å². The highest BCUT2D eigenvalue weighted by Crippen LogP contribution is 2.28. The molecule has 1 amide bonds. The van der Waals surface area contributed by atoms with Crippen LogP contribution < -0.4 is 5.32 Å². The smallest absolute Gasteiger partial charge is 0.309 e. The van der Waals surface area contributed by atoms with Gasteiger partial charge in [-0.05, 0) is 56.6 Å². The third-order valence-corrected chi connectivity index (χ3v) is 6.09. The van der Waals surface area contributed by atoms with Crippen LogP contribution in [0.25, 0.3) is 12.2 Å². The van der Waals surface area contributed by atoms with E-state index in [-0.39, 0.29) is 23.5 Å². The van der Waals surface area contributed by atoms with Crippen molar-refractivity contribution in [1.29, 1.82) is 0 Å². The van der Waals surface area contributed by atoms with Crippen molar-refractivity contribution in [1.82, 2.24) is 9.88 Å². The normalized spacial score (nSPS) is 15.1. The van der Waals surface area contributed by atoms with E-state index < -0.39 is 4.92 Å². The van der Waals surface area contributed by atoms with Gasteiger partial charge in [-0.3, -0.25) is 24.6 Å². The zero-order valence-electron chi connectivity index (χ0n) is 18.1. The molecule has 2 heterocycles. The number of thiazole rings is 1. The molecule has 1 aromatic carbocycles. The van der Waals surface area contributed by atoms with Crippen molar-refractivity contribution in [3.05, 3.63) is 50.5 Å². The summed E-state index contributed by atoms with van der Waals surface area (Å²) in [6, 6.07) is 6.27. The summed E-state index contributed by atoms with van der Waals surface area (Å²) in [5, 5.41) is 14.1. The van der Waals surface area contributed by atoms with Crippen molar-refractivity contribution in [2.24, 2.45) is 5.92 Å². The summed E-state index contributed by atoms with van der Waals surface area (Å²) >= 11 is 1.42. The van der Waals surface area contributed by atoms with Crippen LogP contribution in [0.3, 0.4) is 0 Å². The Morgan fingerprint density at radius 2 is 1.97 bits per heavy atom. The number of aromatic nitrogens is 1. The minimum absolute atomic E-state index is 0.0377. The van der Waals surface area contributed by atoms with Crippen LogP contribution in [0.1, 0.15) is 42.8 Å². The molecule has 0 bridgehead atoms. The Labute approximate surface area is 190 Å². The van der Waals surface area contributed by atoms with Crippen molar-refractivity contribution < 1.29 is 19.2 Å². The number of anilines is 1. The van der Waals surface area contributed by atoms with Gasteiger partial charge < -0.3 is 10.1 Å². The van der Waals surface area contributed by atoms with Crippen LogP contribution in [-0.2, 0) is 20.9 Å². The molecule has 0 spiro atoms. The number of amides is 1. The highest BCUT2D eigenvalue weighted by Gasteiger charge is 2.26. The van der Waals surface area contributed by atoms with Crippen LogP contribution >= 0.6 is 11.3 Å². The zero-order chi connectivity index (χ0) is 23.1. The number of benzene rings is 1. The third-order valence-electron chi connectivity index (χ3n) is 5.12. The topological polar surface area (TPSA) is 115 Å². The first kappa shape index (κ1) is 23.6. The van der Waals surface area contributed by atoms with Gasteiger partial charge in [-0.1, -0.05) is 17.4 Å². The second-order valence-electron chi connectivity index (χ2n) is 7.49. The van der Waals surface area contributed by atoms with Gasteiger partial charge in [-0.15, -0.1) is 0 Å². The number of nitro benzene ring substituents is 1. The van der Waals surface area contributed by atoms with Gasteiger partial charge in [0.05, 0.1) is 23.1 Å². The van der Waals surface area contributed by atoms with Gasteiger partial charge in [0.15, 0.2) is 5.13 Å². The quantitative estimate of drug-likeness (QED) is 0.362. The molecule has 32 heavy (non-hydrogen) atoms. The van der Waals surface area contributed by atoms with E-state index in [2.05, 4.69) is 15.2 Å². The molecular formula is C22H26N4O5S. The Balaban J connectivity index is 1.71. The zero-order valence-corrected chi connectivity index (χ0v) is 18.9. The Morgan fingerprint density at radius 1 is 1.28 bits per heavy atom. The van der Waals surface area contributed by atoms with E-state index in [0.717, 1.165) is 42.1 Å². The van der Waals surface area contributed by atoms with Gasteiger partial charge in [-0.2, -0.15) is 0 Å². The maximum atomic E-state index is 12.0. The maximum Gasteiger partial charge on any atom is 0.309 e. The fourth-order valence-electron chi connectivity index (χ4n) is 3.48. The fraction of sp³-hybridized carbons (Fsp3) is 0.409. The average molecular weight is 459 g/mol. The van der Waals surface area contributed by atoms with E-state index in [0.29, 0.717) is 18.3 Å². The number of rotatable bonds is 8. The van der Waals surface area contributed by atoms with E-state index in [9.17, 15) is 19.7 Å². The molecule has 1 aromatic heterocycles. The number of nitrogens with one attached hydrogen (secondary N) is 1.